The lowest BCUT2D eigenvalue weighted by molar-refractivity contribution is -0.385. The maximum atomic E-state index is 11.2. The number of hydrogen-bond donors (Lipinski definition) is 0. The molecule has 1 spiro atoms. The van der Waals surface area contributed by atoms with Gasteiger partial charge in [0.15, 0.2) is 5.79 Å². The minimum absolute atomic E-state index is 0.0529. The molecule has 0 N–H and O–H groups in total. The predicted octanol–water partition coefficient (Wildman–Crippen LogP) is 4.52. The molecular weight excluding hydrogens is 408 g/mol. The van der Waals surface area contributed by atoms with Gasteiger partial charge in [0.25, 0.3) is 5.69 Å². The quantitative estimate of drug-likeness (QED) is 0.516. The van der Waals surface area contributed by atoms with Crippen LogP contribution in [0.15, 0.2) is 42.5 Å². The summed E-state index contributed by atoms with van der Waals surface area (Å²) in [6.45, 7) is 3.52. The van der Waals surface area contributed by atoms with Crippen LogP contribution in [-0.2, 0) is 14.9 Å². The molecule has 1 saturated carbocycles. The molecule has 0 aromatic heterocycles. The van der Waals surface area contributed by atoms with Gasteiger partial charge in [-0.3, -0.25) is 10.1 Å². The van der Waals surface area contributed by atoms with Gasteiger partial charge in [-0.2, -0.15) is 0 Å². The van der Waals surface area contributed by atoms with Crippen LogP contribution in [0.25, 0.3) is 0 Å². The first-order valence-electron chi connectivity index (χ1n) is 11.3. The number of benzene rings is 2. The second-order valence-corrected chi connectivity index (χ2v) is 9.47. The van der Waals surface area contributed by atoms with Gasteiger partial charge in [-0.1, -0.05) is 24.3 Å². The first-order valence-corrected chi connectivity index (χ1v) is 11.3. The van der Waals surface area contributed by atoms with Gasteiger partial charge in [0.2, 0.25) is 0 Å². The van der Waals surface area contributed by atoms with E-state index in [-0.39, 0.29) is 22.1 Å². The van der Waals surface area contributed by atoms with Crippen LogP contribution in [0.4, 0.5) is 5.69 Å². The summed E-state index contributed by atoms with van der Waals surface area (Å²) in [5.74, 6) is 0.293. The first-order chi connectivity index (χ1) is 15.4. The molecular formula is C25H30N2O5. The maximum Gasteiger partial charge on any atom is 0.269 e. The van der Waals surface area contributed by atoms with Crippen LogP contribution in [0.2, 0.25) is 0 Å². The highest BCUT2D eigenvalue weighted by molar-refractivity contribution is 5.42. The van der Waals surface area contributed by atoms with Crippen molar-refractivity contribution in [3.05, 3.63) is 69.3 Å². The van der Waals surface area contributed by atoms with Crippen molar-refractivity contribution in [1.29, 1.82) is 0 Å². The third-order valence-electron chi connectivity index (χ3n) is 7.83. The summed E-state index contributed by atoms with van der Waals surface area (Å²) in [7, 11) is 3.91. The molecule has 5 rings (SSSR count). The van der Waals surface area contributed by atoms with Crippen molar-refractivity contribution in [1.82, 2.24) is 4.90 Å². The normalized spacial score (nSPS) is 32.2. The van der Waals surface area contributed by atoms with E-state index < -0.39 is 5.79 Å². The lowest BCUT2D eigenvalue weighted by Crippen LogP contribution is -2.52. The van der Waals surface area contributed by atoms with Crippen molar-refractivity contribution in [3.63, 3.8) is 0 Å². The zero-order valence-corrected chi connectivity index (χ0v) is 18.9. The average molecular weight is 439 g/mol. The second kappa shape index (κ2) is 7.83. The highest BCUT2D eigenvalue weighted by atomic mass is 16.7. The monoisotopic (exact) mass is 438 g/mol. The molecule has 1 aliphatic carbocycles. The lowest BCUT2D eigenvalue weighted by atomic mass is 9.64. The van der Waals surface area contributed by atoms with Crippen molar-refractivity contribution in [2.75, 3.05) is 27.3 Å². The van der Waals surface area contributed by atoms with Crippen molar-refractivity contribution in [2.45, 2.75) is 56.0 Å². The minimum Gasteiger partial charge on any atom is -0.496 e. The number of aryl methyl sites for hydroxylation is 1. The van der Waals surface area contributed by atoms with Gasteiger partial charge >= 0.3 is 0 Å². The van der Waals surface area contributed by atoms with Gasteiger partial charge in [-0.15, -0.1) is 0 Å². The van der Waals surface area contributed by atoms with E-state index >= 15 is 0 Å². The molecule has 32 heavy (non-hydrogen) atoms. The molecule has 2 saturated heterocycles. The van der Waals surface area contributed by atoms with E-state index in [0.29, 0.717) is 12.6 Å². The fraction of sp³-hybridized carbons (Fsp3) is 0.520. The summed E-state index contributed by atoms with van der Waals surface area (Å²) in [5.41, 5.74) is 3.41. The summed E-state index contributed by atoms with van der Waals surface area (Å²) < 4.78 is 18.4. The number of nitro benzene ring substituents is 1. The Morgan fingerprint density at radius 3 is 2.81 bits per heavy atom. The molecule has 0 bridgehead atoms. The highest BCUT2D eigenvalue weighted by Gasteiger charge is 2.57. The van der Waals surface area contributed by atoms with E-state index in [1.807, 2.05) is 6.07 Å². The molecule has 2 aromatic carbocycles. The Morgan fingerprint density at radius 2 is 2.03 bits per heavy atom. The number of nitro groups is 1. The molecule has 3 fully saturated rings. The van der Waals surface area contributed by atoms with Crippen LogP contribution < -0.4 is 4.74 Å². The summed E-state index contributed by atoms with van der Waals surface area (Å²) in [6, 6.07) is 13.6. The fourth-order valence-electron chi connectivity index (χ4n) is 5.98. The molecule has 2 unspecified atom stereocenters. The highest BCUT2D eigenvalue weighted by Crippen LogP contribution is 2.55. The third-order valence-corrected chi connectivity index (χ3v) is 7.83. The molecule has 170 valence electrons. The molecule has 0 amide bonds. The van der Waals surface area contributed by atoms with Gasteiger partial charge in [0, 0.05) is 36.4 Å². The molecule has 2 heterocycles. The SMILES string of the molecule is COc1cc([C@]23CCN(C)[C@H]2CC2(CC3)OCC(c3cccc([N+](=O)[O-])c3)O2)ccc1C. The molecule has 4 atom stereocenters. The first kappa shape index (κ1) is 21.4. The second-order valence-electron chi connectivity index (χ2n) is 9.47. The summed E-state index contributed by atoms with van der Waals surface area (Å²) >= 11 is 0. The van der Waals surface area contributed by atoms with Crippen molar-refractivity contribution < 1.29 is 19.1 Å². The van der Waals surface area contributed by atoms with Gasteiger partial charge in [0.05, 0.1) is 18.6 Å². The molecule has 2 aromatic rings. The van der Waals surface area contributed by atoms with Crippen molar-refractivity contribution >= 4 is 5.69 Å². The van der Waals surface area contributed by atoms with Crippen LogP contribution in [0.5, 0.6) is 5.75 Å². The van der Waals surface area contributed by atoms with Gasteiger partial charge in [-0.05, 0) is 56.1 Å². The Labute approximate surface area is 188 Å². The molecule has 0 radical (unpaired) electrons. The summed E-state index contributed by atoms with van der Waals surface area (Å²) in [4.78, 5) is 13.2. The van der Waals surface area contributed by atoms with E-state index in [0.717, 1.165) is 49.1 Å². The van der Waals surface area contributed by atoms with E-state index in [4.69, 9.17) is 14.2 Å². The topological polar surface area (TPSA) is 74.1 Å². The molecule has 7 heteroatoms. The van der Waals surface area contributed by atoms with Crippen LogP contribution in [0.1, 0.15) is 48.5 Å². The van der Waals surface area contributed by atoms with E-state index in [2.05, 4.69) is 37.1 Å². The van der Waals surface area contributed by atoms with Gasteiger partial charge < -0.3 is 19.1 Å². The van der Waals surface area contributed by atoms with Crippen LogP contribution in [0.3, 0.4) is 0 Å². The zero-order chi connectivity index (χ0) is 22.5. The van der Waals surface area contributed by atoms with Crippen LogP contribution >= 0.6 is 0 Å². The molecule has 2 aliphatic heterocycles. The van der Waals surface area contributed by atoms with Gasteiger partial charge in [0.1, 0.15) is 11.9 Å². The van der Waals surface area contributed by atoms with E-state index in [1.165, 1.54) is 11.6 Å². The Hall–Kier alpha value is -2.48. The largest absolute Gasteiger partial charge is 0.496 e. The predicted molar refractivity (Wildman–Crippen MR) is 120 cm³/mol. The summed E-state index contributed by atoms with van der Waals surface area (Å²) in [6.07, 6.45) is 3.37. The Balaban J connectivity index is 1.40. The fourth-order valence-corrected chi connectivity index (χ4v) is 5.98. The number of rotatable bonds is 4. The number of methoxy groups -OCH3 is 1. The van der Waals surface area contributed by atoms with Crippen LogP contribution in [-0.4, -0.2) is 49.0 Å². The average Bonchev–Trinajstić information content (AvgIpc) is 3.37. The van der Waals surface area contributed by atoms with Crippen molar-refractivity contribution in [3.8, 4) is 5.75 Å². The molecule has 7 nitrogen and oxygen atoms in total. The summed E-state index contributed by atoms with van der Waals surface area (Å²) in [5, 5.41) is 11.2. The lowest BCUT2D eigenvalue weighted by Gasteiger charge is -2.48. The zero-order valence-electron chi connectivity index (χ0n) is 18.9. The smallest absolute Gasteiger partial charge is 0.269 e. The number of ether oxygens (including phenoxy) is 3. The van der Waals surface area contributed by atoms with Gasteiger partial charge in [-0.25, -0.2) is 0 Å². The number of nitrogens with zero attached hydrogens (tertiary/aromatic N) is 2. The minimum atomic E-state index is -0.642. The number of likely N-dealkylation sites (tertiary alicyclic amines) is 1. The number of fused-ring (bicyclic) bond motifs is 1. The Bertz CT molecular complexity index is 1040. The standard InChI is InChI=1S/C25H30N2O5/c1-17-7-8-19(14-21(17)30-3)24-9-10-25(15-23(24)26(2)12-11-24)31-16-22(32-25)18-5-4-6-20(13-18)27(28)29/h4-8,13-14,22-23H,9-12,15-16H2,1-3H3/t22?,23-,24-,25?/m0/s1. The van der Waals surface area contributed by atoms with Crippen molar-refractivity contribution in [2.24, 2.45) is 0 Å². The van der Waals surface area contributed by atoms with E-state index in [1.54, 1.807) is 19.2 Å². The maximum absolute atomic E-state index is 11.2. The number of likely N-dealkylation sites (N-methyl/N-ethyl adjacent to an activating group) is 1. The number of non-ortho nitro benzene ring substituents is 1. The Kier molecular flexibility index (Phi) is 5.23. The van der Waals surface area contributed by atoms with Crippen LogP contribution in [0, 0.1) is 17.0 Å². The molecule has 3 aliphatic rings. The third kappa shape index (κ3) is 3.39. The Morgan fingerprint density at radius 1 is 1.19 bits per heavy atom. The number of hydrogen-bond acceptors (Lipinski definition) is 6. The van der Waals surface area contributed by atoms with E-state index in [9.17, 15) is 10.1 Å².